The topological polar surface area (TPSA) is 102 Å². The standard InChI is InChI=1S/C14H17NO6S3/c1-20-14(17)13-12(3-7-23-13)24(18,19)15-8-11(21-5-4-16)10-2-6-22-9-10/h2-3,6-7,9,11,15-16H,4-5,8H2,1H3/t11-/m1/s1. The van der Waals surface area contributed by atoms with Crippen LogP contribution in [0.1, 0.15) is 21.3 Å². The Balaban J connectivity index is 2.13. The van der Waals surface area contributed by atoms with Gasteiger partial charge in [0.15, 0.2) is 0 Å². The first-order valence-electron chi connectivity index (χ1n) is 6.89. The molecule has 0 unspecified atom stereocenters. The maximum atomic E-state index is 12.5. The highest BCUT2D eigenvalue weighted by molar-refractivity contribution is 7.89. The number of thiophene rings is 2. The highest BCUT2D eigenvalue weighted by Crippen LogP contribution is 2.24. The Labute approximate surface area is 147 Å². The minimum absolute atomic E-state index is 0.0183. The van der Waals surface area contributed by atoms with E-state index in [1.165, 1.54) is 29.9 Å². The monoisotopic (exact) mass is 391 g/mol. The maximum Gasteiger partial charge on any atom is 0.349 e. The lowest BCUT2D eigenvalue weighted by molar-refractivity contribution is 0.0311. The summed E-state index contributed by atoms with van der Waals surface area (Å²) in [5, 5.41) is 14.1. The van der Waals surface area contributed by atoms with Crippen molar-refractivity contribution in [3.05, 3.63) is 38.7 Å². The lowest BCUT2D eigenvalue weighted by atomic mass is 10.2. The summed E-state index contributed by atoms with van der Waals surface area (Å²) in [6.45, 7) is -0.0893. The van der Waals surface area contributed by atoms with E-state index >= 15 is 0 Å². The number of rotatable bonds is 9. The molecular weight excluding hydrogens is 374 g/mol. The van der Waals surface area contributed by atoms with Crippen LogP contribution in [0.3, 0.4) is 0 Å². The Morgan fingerprint density at radius 1 is 1.38 bits per heavy atom. The van der Waals surface area contributed by atoms with Gasteiger partial charge < -0.3 is 14.6 Å². The fraction of sp³-hybridized carbons (Fsp3) is 0.357. The predicted octanol–water partition coefficient (Wildman–Crippen LogP) is 1.62. The molecule has 0 radical (unpaired) electrons. The number of aliphatic hydroxyl groups is 1. The first-order valence-corrected chi connectivity index (χ1v) is 10.2. The number of carbonyl (C=O) groups excluding carboxylic acids is 1. The van der Waals surface area contributed by atoms with Gasteiger partial charge in [-0.1, -0.05) is 0 Å². The van der Waals surface area contributed by atoms with Crippen molar-refractivity contribution in [2.75, 3.05) is 26.9 Å². The zero-order valence-electron chi connectivity index (χ0n) is 12.8. The SMILES string of the molecule is COC(=O)c1sccc1S(=O)(=O)NC[C@@H](OCCO)c1ccsc1. The molecule has 0 aliphatic rings. The van der Waals surface area contributed by atoms with Gasteiger partial charge in [0.05, 0.1) is 26.4 Å². The number of esters is 1. The van der Waals surface area contributed by atoms with Crippen LogP contribution in [-0.4, -0.2) is 46.4 Å². The number of aliphatic hydroxyl groups excluding tert-OH is 1. The molecule has 0 saturated carbocycles. The fourth-order valence-electron chi connectivity index (χ4n) is 1.94. The van der Waals surface area contributed by atoms with E-state index in [0.29, 0.717) is 0 Å². The van der Waals surface area contributed by atoms with Gasteiger partial charge in [0.2, 0.25) is 10.0 Å². The Bertz CT molecular complexity index is 753. The molecule has 2 N–H and O–H groups in total. The highest BCUT2D eigenvalue weighted by atomic mass is 32.2. The summed E-state index contributed by atoms with van der Waals surface area (Å²) in [6.07, 6.45) is -0.529. The number of ether oxygens (including phenoxy) is 2. The molecule has 10 heteroatoms. The molecule has 0 saturated heterocycles. The second-order valence-corrected chi connectivity index (χ2v) is 8.03. The predicted molar refractivity (Wildman–Crippen MR) is 90.9 cm³/mol. The molecule has 2 aromatic heterocycles. The highest BCUT2D eigenvalue weighted by Gasteiger charge is 2.26. The molecule has 0 aromatic carbocycles. The normalized spacial score (nSPS) is 12.9. The van der Waals surface area contributed by atoms with Gasteiger partial charge in [0.1, 0.15) is 9.77 Å². The average Bonchev–Trinajstić information content (AvgIpc) is 3.25. The van der Waals surface area contributed by atoms with E-state index in [0.717, 1.165) is 16.9 Å². The number of carbonyl (C=O) groups is 1. The van der Waals surface area contributed by atoms with Gasteiger partial charge in [0.25, 0.3) is 0 Å². The van der Waals surface area contributed by atoms with Crippen LogP contribution < -0.4 is 4.72 Å². The molecule has 0 bridgehead atoms. The fourth-order valence-corrected chi connectivity index (χ4v) is 5.01. The molecule has 2 rings (SSSR count). The third-order valence-electron chi connectivity index (χ3n) is 3.07. The second kappa shape index (κ2) is 8.70. The average molecular weight is 391 g/mol. The Kier molecular flexibility index (Phi) is 6.90. The molecule has 2 aromatic rings. The van der Waals surface area contributed by atoms with Crippen molar-refractivity contribution < 1.29 is 27.8 Å². The minimum Gasteiger partial charge on any atom is -0.465 e. The molecule has 0 spiro atoms. The van der Waals surface area contributed by atoms with E-state index in [-0.39, 0.29) is 29.5 Å². The van der Waals surface area contributed by atoms with E-state index < -0.39 is 22.1 Å². The van der Waals surface area contributed by atoms with Crippen LogP contribution in [0.15, 0.2) is 33.2 Å². The Morgan fingerprint density at radius 2 is 2.17 bits per heavy atom. The molecule has 0 fully saturated rings. The quantitative estimate of drug-likeness (QED) is 0.630. The summed E-state index contributed by atoms with van der Waals surface area (Å²) in [6, 6.07) is 3.18. The van der Waals surface area contributed by atoms with Gasteiger partial charge in [-0.15, -0.1) is 11.3 Å². The summed E-state index contributed by atoms with van der Waals surface area (Å²) in [5.74, 6) is -0.698. The third-order valence-corrected chi connectivity index (χ3v) is 6.26. The number of methoxy groups -OCH3 is 1. The third kappa shape index (κ3) is 4.62. The number of sulfonamides is 1. The molecule has 0 aliphatic carbocycles. The van der Waals surface area contributed by atoms with Crippen molar-refractivity contribution in [1.82, 2.24) is 4.72 Å². The van der Waals surface area contributed by atoms with Crippen molar-refractivity contribution in [3.63, 3.8) is 0 Å². The molecular formula is C14H17NO6S3. The smallest absolute Gasteiger partial charge is 0.349 e. The van der Waals surface area contributed by atoms with E-state index in [9.17, 15) is 13.2 Å². The molecule has 1 atom stereocenters. The summed E-state index contributed by atoms with van der Waals surface area (Å²) in [5.41, 5.74) is 0.815. The molecule has 7 nitrogen and oxygen atoms in total. The maximum absolute atomic E-state index is 12.5. The summed E-state index contributed by atoms with van der Waals surface area (Å²) >= 11 is 2.46. The van der Waals surface area contributed by atoms with Crippen molar-refractivity contribution in [2.24, 2.45) is 0 Å². The number of hydrogen-bond acceptors (Lipinski definition) is 8. The molecule has 132 valence electrons. The second-order valence-electron chi connectivity index (χ2n) is 4.60. The van der Waals surface area contributed by atoms with Crippen molar-refractivity contribution in [1.29, 1.82) is 0 Å². The van der Waals surface area contributed by atoms with Gasteiger partial charge in [-0.05, 0) is 33.8 Å². The molecule has 0 aliphatic heterocycles. The van der Waals surface area contributed by atoms with Crippen LogP contribution in [0.25, 0.3) is 0 Å². The Hall–Kier alpha value is -1.30. The van der Waals surface area contributed by atoms with Crippen LogP contribution in [0, 0.1) is 0 Å². The van der Waals surface area contributed by atoms with E-state index in [1.54, 1.807) is 0 Å². The van der Waals surface area contributed by atoms with Crippen molar-refractivity contribution in [3.8, 4) is 0 Å². The molecule has 0 amide bonds. The summed E-state index contributed by atoms with van der Waals surface area (Å²) in [4.78, 5) is 11.6. The number of hydrogen-bond donors (Lipinski definition) is 2. The van der Waals surface area contributed by atoms with E-state index in [1.807, 2.05) is 16.8 Å². The molecule has 24 heavy (non-hydrogen) atoms. The first kappa shape index (κ1) is 19.0. The summed E-state index contributed by atoms with van der Waals surface area (Å²) in [7, 11) is -2.70. The van der Waals surface area contributed by atoms with Crippen LogP contribution >= 0.6 is 22.7 Å². The van der Waals surface area contributed by atoms with Gasteiger partial charge >= 0.3 is 5.97 Å². The zero-order chi connectivity index (χ0) is 17.6. The van der Waals surface area contributed by atoms with Gasteiger partial charge in [-0.25, -0.2) is 17.9 Å². The van der Waals surface area contributed by atoms with E-state index in [4.69, 9.17) is 9.84 Å². The lowest BCUT2D eigenvalue weighted by Crippen LogP contribution is -2.30. The lowest BCUT2D eigenvalue weighted by Gasteiger charge is -2.17. The van der Waals surface area contributed by atoms with Gasteiger partial charge in [0, 0.05) is 6.54 Å². The zero-order valence-corrected chi connectivity index (χ0v) is 15.2. The van der Waals surface area contributed by atoms with Gasteiger partial charge in [-0.2, -0.15) is 11.3 Å². The van der Waals surface area contributed by atoms with Crippen LogP contribution in [0.2, 0.25) is 0 Å². The minimum atomic E-state index is -3.89. The first-order chi connectivity index (χ1) is 11.5. The van der Waals surface area contributed by atoms with Gasteiger partial charge in [-0.3, -0.25) is 0 Å². The largest absolute Gasteiger partial charge is 0.465 e. The van der Waals surface area contributed by atoms with Crippen molar-refractivity contribution in [2.45, 2.75) is 11.0 Å². The van der Waals surface area contributed by atoms with Crippen LogP contribution in [0.4, 0.5) is 0 Å². The summed E-state index contributed by atoms with van der Waals surface area (Å²) < 4.78 is 37.5. The molecule has 2 heterocycles. The Morgan fingerprint density at radius 3 is 2.79 bits per heavy atom. The van der Waals surface area contributed by atoms with E-state index in [2.05, 4.69) is 9.46 Å². The van der Waals surface area contributed by atoms with Crippen LogP contribution in [0.5, 0.6) is 0 Å². The van der Waals surface area contributed by atoms with Crippen LogP contribution in [-0.2, 0) is 19.5 Å². The van der Waals surface area contributed by atoms with Crippen molar-refractivity contribution >= 4 is 38.7 Å². The number of nitrogens with one attached hydrogen (secondary N) is 1.